The van der Waals surface area contributed by atoms with Gasteiger partial charge in [0.05, 0.1) is 5.76 Å². The summed E-state index contributed by atoms with van der Waals surface area (Å²) >= 11 is 1.96. The number of aliphatic hydroxyl groups is 1. The molecule has 3 nitrogen and oxygen atoms in total. The number of pyridine rings is 1. The number of carbonyl (C=O) groups excluding carboxylic acids is 1. The van der Waals surface area contributed by atoms with Gasteiger partial charge in [-0.05, 0) is 101 Å². The van der Waals surface area contributed by atoms with Crippen molar-refractivity contribution in [3.8, 4) is 11.3 Å². The Morgan fingerprint density at radius 2 is 1.45 bits per heavy atom. The third-order valence-electron chi connectivity index (χ3n) is 12.0. The van der Waals surface area contributed by atoms with Crippen LogP contribution in [0.3, 0.4) is 0 Å². The molecule has 0 atom stereocenters. The van der Waals surface area contributed by atoms with Gasteiger partial charge in [0, 0.05) is 64.7 Å². The van der Waals surface area contributed by atoms with Gasteiger partial charge >= 0.3 is 0 Å². The largest absolute Gasteiger partial charge is 0.512 e. The Kier molecular flexibility index (Phi) is 14.5. The SMILES string of the molecule is CC(C)Cc1cc2c(sc3c(-c4[c-]c5ccccc5c(C(C)(C)C)c4)nccc32)c2c1C(C)(C)CCC2(C)C.CCC(CC)C(=O)/C=C(\O)C(CC)CC.[Ir]. The molecule has 1 aliphatic carbocycles. The molecule has 0 aliphatic heterocycles. The van der Waals surface area contributed by atoms with Crippen LogP contribution in [0.15, 0.2) is 60.5 Å². The average molecular weight is 937 g/mol. The zero-order chi connectivity index (χ0) is 39.7. The van der Waals surface area contributed by atoms with E-state index in [9.17, 15) is 9.90 Å². The first-order chi connectivity index (χ1) is 25.4. The van der Waals surface area contributed by atoms with Crippen LogP contribution in [0.1, 0.15) is 151 Å². The summed E-state index contributed by atoms with van der Waals surface area (Å²) in [6.07, 6.45) is 10.5. The average Bonchev–Trinajstić information content (AvgIpc) is 3.48. The Labute approximate surface area is 350 Å². The van der Waals surface area contributed by atoms with Crippen LogP contribution in [0, 0.1) is 23.8 Å². The third kappa shape index (κ3) is 9.32. The molecule has 1 aliphatic rings. The van der Waals surface area contributed by atoms with Gasteiger partial charge in [0.15, 0.2) is 5.78 Å². The van der Waals surface area contributed by atoms with Crippen molar-refractivity contribution in [2.45, 2.75) is 151 Å². The first kappa shape index (κ1) is 44.9. The second kappa shape index (κ2) is 17.7. The predicted octanol–water partition coefficient (Wildman–Crippen LogP) is 14.8. The molecule has 299 valence electrons. The van der Waals surface area contributed by atoms with E-state index in [0.717, 1.165) is 43.4 Å². The van der Waals surface area contributed by atoms with Gasteiger partial charge in [-0.1, -0.05) is 119 Å². The van der Waals surface area contributed by atoms with E-state index in [4.69, 9.17) is 4.98 Å². The molecule has 0 spiro atoms. The fraction of sp³-hybridized carbons (Fsp3) is 0.520. The molecule has 1 N–H and O–H groups in total. The number of ketones is 1. The van der Waals surface area contributed by atoms with E-state index in [0.29, 0.717) is 5.92 Å². The molecule has 0 saturated carbocycles. The minimum atomic E-state index is 0. The topological polar surface area (TPSA) is 50.2 Å². The quantitative estimate of drug-likeness (QED) is 0.0862. The van der Waals surface area contributed by atoms with Crippen molar-refractivity contribution >= 4 is 48.1 Å². The van der Waals surface area contributed by atoms with Crippen LogP contribution in [0.25, 0.3) is 42.2 Å². The van der Waals surface area contributed by atoms with Crippen LogP contribution in [0.5, 0.6) is 0 Å². The van der Waals surface area contributed by atoms with E-state index >= 15 is 0 Å². The second-order valence-electron chi connectivity index (χ2n) is 18.6. The molecule has 3 aromatic carbocycles. The number of hydrogen-bond acceptors (Lipinski definition) is 4. The predicted molar refractivity (Wildman–Crippen MR) is 235 cm³/mol. The van der Waals surface area contributed by atoms with Crippen LogP contribution in [0.4, 0.5) is 0 Å². The Hall–Kier alpha value is -2.85. The smallest absolute Gasteiger partial charge is 0.162 e. The van der Waals surface area contributed by atoms with E-state index in [1.807, 2.05) is 45.2 Å². The van der Waals surface area contributed by atoms with Crippen molar-refractivity contribution in [3.63, 3.8) is 0 Å². The van der Waals surface area contributed by atoms with Gasteiger partial charge in [-0.15, -0.1) is 40.5 Å². The van der Waals surface area contributed by atoms with Gasteiger partial charge in [-0.3, -0.25) is 9.78 Å². The van der Waals surface area contributed by atoms with Gasteiger partial charge in [0.2, 0.25) is 0 Å². The second-order valence-corrected chi connectivity index (χ2v) is 19.6. The van der Waals surface area contributed by atoms with E-state index in [2.05, 4.69) is 111 Å². The number of hydrogen-bond donors (Lipinski definition) is 1. The summed E-state index contributed by atoms with van der Waals surface area (Å²) in [7, 11) is 0. The minimum Gasteiger partial charge on any atom is -0.512 e. The Balaban J connectivity index is 0.000000360. The molecular formula is C50H66IrNO2S-. The normalized spacial score (nSPS) is 15.4. The van der Waals surface area contributed by atoms with Crippen LogP contribution in [0.2, 0.25) is 0 Å². The molecule has 5 aromatic rings. The number of rotatable bonds is 10. The molecule has 0 unspecified atom stereocenters. The molecule has 5 heteroatoms. The fourth-order valence-corrected chi connectivity index (χ4v) is 10.2. The standard InChI is InChI=1S/C37H42NS.C13H24O2.Ir/c1-22(2)18-24-20-28-27-14-17-38-32(25-19-23-12-10-11-13-26(23)29(21-25)35(3,4)5)34(27)39-33(28)31-30(24)36(6,7)15-16-37(31,8)9;1-5-10(6-2)12(14)9-13(15)11(7-3)8-4;/h10-14,17,20-22H,15-16,18H2,1-9H3;9-11,14H,5-8H2,1-4H3;/q-1;;/b;12-9-;. The molecule has 0 fully saturated rings. The van der Waals surface area contributed by atoms with Crippen molar-refractivity contribution in [2.75, 3.05) is 0 Å². The molecule has 0 saturated heterocycles. The van der Waals surface area contributed by atoms with Gasteiger partial charge in [-0.25, -0.2) is 0 Å². The van der Waals surface area contributed by atoms with Gasteiger partial charge in [-0.2, -0.15) is 0 Å². The molecule has 2 heterocycles. The van der Waals surface area contributed by atoms with E-state index in [-0.39, 0.29) is 59.7 Å². The summed E-state index contributed by atoms with van der Waals surface area (Å²) in [5.74, 6) is 1.17. The van der Waals surface area contributed by atoms with Crippen LogP contribution in [-0.4, -0.2) is 15.9 Å². The number of benzene rings is 3. The summed E-state index contributed by atoms with van der Waals surface area (Å²) in [5.41, 5.74) is 8.65. The molecule has 0 bridgehead atoms. The monoisotopic (exact) mass is 937 g/mol. The van der Waals surface area contributed by atoms with Gasteiger partial charge in [0.1, 0.15) is 0 Å². The van der Waals surface area contributed by atoms with Crippen molar-refractivity contribution in [3.05, 3.63) is 88.8 Å². The molecule has 0 amide bonds. The summed E-state index contributed by atoms with van der Waals surface area (Å²) in [6, 6.07) is 19.6. The fourth-order valence-electron chi connectivity index (χ4n) is 8.74. The first-order valence-electron chi connectivity index (χ1n) is 20.7. The summed E-state index contributed by atoms with van der Waals surface area (Å²) in [5, 5.41) is 15.0. The Bertz CT molecular complexity index is 2150. The number of aromatic nitrogens is 1. The third-order valence-corrected chi connectivity index (χ3v) is 13.3. The summed E-state index contributed by atoms with van der Waals surface area (Å²) < 4.78 is 2.76. The number of nitrogens with zero attached hydrogens (tertiary/aromatic N) is 1. The Morgan fingerprint density at radius 3 is 2.04 bits per heavy atom. The van der Waals surface area contributed by atoms with Gasteiger partial charge < -0.3 is 5.11 Å². The van der Waals surface area contributed by atoms with Crippen molar-refractivity contribution in [1.29, 1.82) is 0 Å². The molecule has 1 radical (unpaired) electrons. The Morgan fingerprint density at radius 1 is 0.855 bits per heavy atom. The molecule has 55 heavy (non-hydrogen) atoms. The minimum absolute atomic E-state index is 0. The number of fused-ring (bicyclic) bond motifs is 6. The molecule has 6 rings (SSSR count). The number of thiophene rings is 1. The number of allylic oxidation sites excluding steroid dienone is 2. The first-order valence-corrected chi connectivity index (χ1v) is 21.5. The summed E-state index contributed by atoms with van der Waals surface area (Å²) in [4.78, 5) is 16.7. The molecule has 2 aromatic heterocycles. The van der Waals surface area contributed by atoms with Crippen molar-refractivity contribution in [1.82, 2.24) is 4.98 Å². The molecular weight excluding hydrogens is 871 g/mol. The van der Waals surface area contributed by atoms with E-state index in [1.165, 1.54) is 55.4 Å². The van der Waals surface area contributed by atoms with Crippen molar-refractivity contribution < 1.29 is 30.0 Å². The van der Waals surface area contributed by atoms with Crippen LogP contribution >= 0.6 is 11.3 Å². The summed E-state index contributed by atoms with van der Waals surface area (Å²) in [6.45, 7) is 29.6. The maximum Gasteiger partial charge on any atom is 0.162 e. The zero-order valence-corrected chi connectivity index (χ0v) is 39.1. The van der Waals surface area contributed by atoms with Crippen LogP contribution in [-0.2, 0) is 47.6 Å². The zero-order valence-electron chi connectivity index (χ0n) is 35.9. The maximum absolute atomic E-state index is 11.7. The number of aliphatic hydroxyl groups excluding tert-OH is 1. The van der Waals surface area contributed by atoms with Crippen molar-refractivity contribution in [2.24, 2.45) is 17.8 Å². The van der Waals surface area contributed by atoms with Gasteiger partial charge in [0.25, 0.3) is 0 Å². The van der Waals surface area contributed by atoms with E-state index < -0.39 is 0 Å². The maximum atomic E-state index is 11.7. The van der Waals surface area contributed by atoms with E-state index in [1.54, 1.807) is 16.7 Å². The number of carbonyl (C=O) groups is 1. The van der Waals surface area contributed by atoms with Crippen LogP contribution < -0.4 is 0 Å².